The zero-order valence-corrected chi connectivity index (χ0v) is 16.5. The number of quaternary nitrogens is 1. The van der Waals surface area contributed by atoms with Gasteiger partial charge in [0.1, 0.15) is 24.5 Å². The van der Waals surface area contributed by atoms with Crippen molar-refractivity contribution in [2.24, 2.45) is 0 Å². The van der Waals surface area contributed by atoms with E-state index in [0.29, 0.717) is 40.0 Å². The van der Waals surface area contributed by atoms with Crippen molar-refractivity contribution in [3.8, 4) is 5.75 Å². The van der Waals surface area contributed by atoms with Crippen LogP contribution in [0.5, 0.6) is 5.75 Å². The third-order valence-electron chi connectivity index (χ3n) is 5.94. The van der Waals surface area contributed by atoms with Gasteiger partial charge in [0.15, 0.2) is 11.5 Å². The standard InChI is InChI=1S/C23H24NO4/c1-4-24(3,5-2)12-13-27-15-10-11-18-19(14-15)28-23-20(18)21(25)16-8-6-7-9-17(16)22(23)26/h6-11,14H,4-5,12-13H2,1-3H3/q+1. The van der Waals surface area contributed by atoms with E-state index < -0.39 is 0 Å². The average molecular weight is 378 g/mol. The molecule has 0 atom stereocenters. The van der Waals surface area contributed by atoms with E-state index in [-0.39, 0.29) is 17.3 Å². The lowest BCUT2D eigenvalue weighted by molar-refractivity contribution is -0.906. The van der Waals surface area contributed by atoms with Gasteiger partial charge in [0, 0.05) is 22.6 Å². The highest BCUT2D eigenvalue weighted by molar-refractivity contribution is 6.31. The van der Waals surface area contributed by atoms with E-state index >= 15 is 0 Å². The molecule has 144 valence electrons. The van der Waals surface area contributed by atoms with Gasteiger partial charge in [-0.1, -0.05) is 24.3 Å². The minimum atomic E-state index is -0.247. The lowest BCUT2D eigenvalue weighted by Crippen LogP contribution is -2.46. The number of likely N-dealkylation sites (N-methyl/N-ethyl adjacent to an activating group) is 1. The molecule has 0 fully saturated rings. The van der Waals surface area contributed by atoms with Gasteiger partial charge in [-0.25, -0.2) is 0 Å². The van der Waals surface area contributed by atoms with Crippen molar-refractivity contribution >= 4 is 22.5 Å². The Kier molecular flexibility index (Phi) is 4.55. The molecule has 0 radical (unpaired) electrons. The van der Waals surface area contributed by atoms with Gasteiger partial charge in [-0.2, -0.15) is 0 Å². The highest BCUT2D eigenvalue weighted by Crippen LogP contribution is 2.36. The molecule has 5 heteroatoms. The molecule has 0 amide bonds. The largest absolute Gasteiger partial charge is 0.488 e. The van der Waals surface area contributed by atoms with E-state index in [4.69, 9.17) is 9.15 Å². The van der Waals surface area contributed by atoms with Gasteiger partial charge in [0.25, 0.3) is 0 Å². The van der Waals surface area contributed by atoms with Crippen molar-refractivity contribution in [3.63, 3.8) is 0 Å². The molecule has 4 rings (SSSR count). The van der Waals surface area contributed by atoms with Gasteiger partial charge < -0.3 is 13.6 Å². The normalized spacial score (nSPS) is 13.5. The molecule has 2 aromatic carbocycles. The minimum Gasteiger partial charge on any atom is -0.488 e. The summed E-state index contributed by atoms with van der Waals surface area (Å²) in [5.74, 6) is 0.381. The van der Waals surface area contributed by atoms with Gasteiger partial charge in [-0.15, -0.1) is 0 Å². The lowest BCUT2D eigenvalue weighted by Gasteiger charge is -2.31. The van der Waals surface area contributed by atoms with E-state index in [0.717, 1.165) is 24.1 Å². The first-order valence-electron chi connectivity index (χ1n) is 9.68. The number of hydrogen-bond acceptors (Lipinski definition) is 4. The fraction of sp³-hybridized carbons (Fsp3) is 0.304. The lowest BCUT2D eigenvalue weighted by atomic mass is 9.87. The molecule has 0 saturated carbocycles. The molecule has 0 aliphatic heterocycles. The molecule has 0 unspecified atom stereocenters. The zero-order valence-electron chi connectivity index (χ0n) is 16.5. The Bertz CT molecular complexity index is 1080. The molecule has 3 aromatic rings. The van der Waals surface area contributed by atoms with Gasteiger partial charge in [0.05, 0.1) is 25.7 Å². The molecule has 0 bridgehead atoms. The number of ketones is 2. The molecule has 0 spiro atoms. The third kappa shape index (κ3) is 2.92. The van der Waals surface area contributed by atoms with Crippen molar-refractivity contribution in [1.82, 2.24) is 0 Å². The second kappa shape index (κ2) is 6.91. The minimum absolute atomic E-state index is 0.122. The average Bonchev–Trinajstić information content (AvgIpc) is 3.11. The van der Waals surface area contributed by atoms with Crippen LogP contribution in [0.2, 0.25) is 0 Å². The maximum absolute atomic E-state index is 12.9. The number of rotatable bonds is 6. The van der Waals surface area contributed by atoms with Crippen LogP contribution < -0.4 is 4.74 Å². The summed E-state index contributed by atoms with van der Waals surface area (Å²) in [6.07, 6.45) is 0. The monoisotopic (exact) mass is 378 g/mol. The Morgan fingerprint density at radius 1 is 0.964 bits per heavy atom. The Morgan fingerprint density at radius 2 is 1.64 bits per heavy atom. The molecule has 0 saturated heterocycles. The molecule has 1 heterocycles. The Balaban J connectivity index is 1.64. The second-order valence-electron chi connectivity index (χ2n) is 7.49. The van der Waals surface area contributed by atoms with Crippen LogP contribution in [-0.2, 0) is 0 Å². The molecule has 1 aliphatic carbocycles. The zero-order chi connectivity index (χ0) is 19.9. The summed E-state index contributed by atoms with van der Waals surface area (Å²) in [6.45, 7) is 7.95. The third-order valence-corrected chi connectivity index (χ3v) is 5.94. The number of benzene rings is 2. The first-order valence-corrected chi connectivity index (χ1v) is 9.68. The number of carbonyl (C=O) groups excluding carboxylic acids is 2. The summed E-state index contributed by atoms with van der Waals surface area (Å²) in [5, 5.41) is 0.651. The van der Waals surface area contributed by atoms with Crippen molar-refractivity contribution < 1.29 is 23.2 Å². The number of hydrogen-bond donors (Lipinski definition) is 0. The van der Waals surface area contributed by atoms with Crippen molar-refractivity contribution in [3.05, 3.63) is 64.9 Å². The molecule has 28 heavy (non-hydrogen) atoms. The van der Waals surface area contributed by atoms with Gasteiger partial charge in [-0.05, 0) is 26.0 Å². The number of nitrogens with zero attached hydrogens (tertiary/aromatic N) is 1. The Morgan fingerprint density at radius 3 is 2.32 bits per heavy atom. The molecule has 0 N–H and O–H groups in total. The summed E-state index contributed by atoms with van der Waals surface area (Å²) in [5.41, 5.74) is 1.68. The maximum atomic E-state index is 12.9. The van der Waals surface area contributed by atoms with Crippen LogP contribution in [-0.4, -0.2) is 49.3 Å². The van der Waals surface area contributed by atoms with Crippen molar-refractivity contribution in [2.75, 3.05) is 33.3 Å². The van der Waals surface area contributed by atoms with Crippen LogP contribution >= 0.6 is 0 Å². The van der Waals surface area contributed by atoms with Crippen LogP contribution in [0.3, 0.4) is 0 Å². The summed E-state index contributed by atoms with van der Waals surface area (Å²) in [7, 11) is 2.21. The molecular weight excluding hydrogens is 354 g/mol. The summed E-state index contributed by atoms with van der Waals surface area (Å²) < 4.78 is 12.7. The molecule has 1 aliphatic rings. The van der Waals surface area contributed by atoms with E-state index in [1.807, 2.05) is 6.07 Å². The van der Waals surface area contributed by atoms with Crippen molar-refractivity contribution in [2.45, 2.75) is 13.8 Å². The SMILES string of the molecule is CC[N+](C)(CC)CCOc1ccc2c3c(oc2c1)C(=O)c1ccccc1C3=O. The van der Waals surface area contributed by atoms with Gasteiger partial charge in [-0.3, -0.25) is 9.59 Å². The van der Waals surface area contributed by atoms with Gasteiger partial charge in [0.2, 0.25) is 5.78 Å². The molecular formula is C23H24NO4+. The number of fused-ring (bicyclic) bond motifs is 4. The van der Waals surface area contributed by atoms with E-state index in [1.165, 1.54) is 0 Å². The summed E-state index contributed by atoms with van der Waals surface area (Å²) in [6, 6.07) is 12.3. The first kappa shape index (κ1) is 18.4. The Hall–Kier alpha value is -2.92. The summed E-state index contributed by atoms with van der Waals surface area (Å²) >= 11 is 0. The van der Waals surface area contributed by atoms with Crippen LogP contribution in [0.15, 0.2) is 46.9 Å². The van der Waals surface area contributed by atoms with Crippen LogP contribution in [0.1, 0.15) is 45.9 Å². The van der Waals surface area contributed by atoms with E-state index in [9.17, 15) is 9.59 Å². The number of ether oxygens (including phenoxy) is 1. The maximum Gasteiger partial charge on any atom is 0.229 e. The highest BCUT2D eigenvalue weighted by atomic mass is 16.5. The van der Waals surface area contributed by atoms with E-state index in [1.54, 1.807) is 36.4 Å². The highest BCUT2D eigenvalue weighted by Gasteiger charge is 2.34. The predicted molar refractivity (Wildman–Crippen MR) is 107 cm³/mol. The number of furan rings is 1. The summed E-state index contributed by atoms with van der Waals surface area (Å²) in [4.78, 5) is 25.7. The quantitative estimate of drug-likeness (QED) is 0.475. The predicted octanol–water partition coefficient (Wildman–Crippen LogP) is 4.07. The number of carbonyl (C=O) groups is 2. The van der Waals surface area contributed by atoms with Crippen LogP contribution in [0, 0.1) is 0 Å². The van der Waals surface area contributed by atoms with Crippen LogP contribution in [0.4, 0.5) is 0 Å². The van der Waals surface area contributed by atoms with Gasteiger partial charge >= 0.3 is 0 Å². The fourth-order valence-corrected chi connectivity index (χ4v) is 3.61. The Labute approximate surface area is 164 Å². The van der Waals surface area contributed by atoms with Crippen LogP contribution in [0.25, 0.3) is 11.0 Å². The first-order chi connectivity index (χ1) is 13.5. The smallest absolute Gasteiger partial charge is 0.229 e. The van der Waals surface area contributed by atoms with Crippen molar-refractivity contribution in [1.29, 1.82) is 0 Å². The fourth-order valence-electron chi connectivity index (χ4n) is 3.61. The second-order valence-corrected chi connectivity index (χ2v) is 7.49. The van der Waals surface area contributed by atoms with E-state index in [2.05, 4.69) is 20.9 Å². The topological polar surface area (TPSA) is 56.5 Å². The molecule has 5 nitrogen and oxygen atoms in total. The molecule has 1 aromatic heterocycles.